The summed E-state index contributed by atoms with van der Waals surface area (Å²) in [7, 11) is 3.50. The van der Waals surface area contributed by atoms with E-state index in [-0.39, 0.29) is 12.5 Å². The molecule has 0 radical (unpaired) electrons. The summed E-state index contributed by atoms with van der Waals surface area (Å²) in [6, 6.07) is 6.37. The van der Waals surface area contributed by atoms with Gasteiger partial charge in [0.1, 0.15) is 12.4 Å². The fraction of sp³-hybridized carbons (Fsp3) is 0.632. The van der Waals surface area contributed by atoms with Gasteiger partial charge in [-0.25, -0.2) is 9.98 Å². The second-order valence-electron chi connectivity index (χ2n) is 7.32. The Morgan fingerprint density at radius 2 is 2.08 bits per heavy atom. The number of nitrogens with one attached hydrogen (secondary N) is 2. The van der Waals surface area contributed by atoms with Crippen LogP contribution < -0.4 is 15.5 Å². The molecule has 1 aromatic rings. The number of anilines is 1. The summed E-state index contributed by atoms with van der Waals surface area (Å²) < 4.78 is 0. The Kier molecular flexibility index (Phi) is 7.69. The number of pyridine rings is 1. The maximum atomic E-state index is 11.8. The van der Waals surface area contributed by atoms with Crippen LogP contribution in [0.4, 0.5) is 5.82 Å². The van der Waals surface area contributed by atoms with Crippen LogP contribution in [0.5, 0.6) is 0 Å². The smallest absolute Gasteiger partial charge is 0.243 e. The van der Waals surface area contributed by atoms with E-state index >= 15 is 0 Å². The molecule has 7 heteroatoms. The molecule has 0 aromatic carbocycles. The van der Waals surface area contributed by atoms with Crippen molar-refractivity contribution < 1.29 is 4.79 Å². The van der Waals surface area contributed by atoms with Gasteiger partial charge in [-0.1, -0.05) is 19.9 Å². The summed E-state index contributed by atoms with van der Waals surface area (Å²) >= 11 is 0. The Morgan fingerprint density at radius 3 is 2.65 bits per heavy atom. The molecule has 1 aromatic heterocycles. The van der Waals surface area contributed by atoms with E-state index in [1.165, 1.54) is 0 Å². The summed E-state index contributed by atoms with van der Waals surface area (Å²) in [6.45, 7) is 7.22. The molecule has 7 nitrogen and oxygen atoms in total. The number of aliphatic imine (C=N–C) groups is 1. The number of amides is 1. The van der Waals surface area contributed by atoms with Crippen LogP contribution in [0.15, 0.2) is 29.4 Å². The minimum atomic E-state index is 0.000572. The van der Waals surface area contributed by atoms with E-state index in [1.807, 2.05) is 18.3 Å². The Hall–Kier alpha value is -2.31. The molecule has 0 spiro atoms. The Bertz CT molecular complexity index is 579. The van der Waals surface area contributed by atoms with Crippen molar-refractivity contribution in [3.8, 4) is 0 Å². The van der Waals surface area contributed by atoms with Crippen LogP contribution in [0.3, 0.4) is 0 Å². The average Bonchev–Trinajstić information content (AvgIpc) is 2.64. The number of hydrogen-bond donors (Lipinski definition) is 2. The lowest BCUT2D eigenvalue weighted by Crippen LogP contribution is -2.49. The van der Waals surface area contributed by atoms with E-state index in [4.69, 9.17) is 0 Å². The highest BCUT2D eigenvalue weighted by molar-refractivity contribution is 5.84. The van der Waals surface area contributed by atoms with Gasteiger partial charge in [0.25, 0.3) is 0 Å². The van der Waals surface area contributed by atoms with Crippen LogP contribution in [-0.4, -0.2) is 68.1 Å². The maximum absolute atomic E-state index is 11.8. The molecule has 2 N–H and O–H groups in total. The predicted octanol–water partition coefficient (Wildman–Crippen LogP) is 1.33. The van der Waals surface area contributed by atoms with E-state index in [0.717, 1.165) is 44.3 Å². The van der Waals surface area contributed by atoms with Crippen molar-refractivity contribution in [2.75, 3.05) is 45.2 Å². The molecular weight excluding hydrogens is 328 g/mol. The van der Waals surface area contributed by atoms with Crippen molar-refractivity contribution in [2.24, 2.45) is 10.9 Å². The zero-order chi connectivity index (χ0) is 18.9. The Balaban J connectivity index is 1.89. The van der Waals surface area contributed by atoms with Crippen LogP contribution in [0.2, 0.25) is 0 Å². The van der Waals surface area contributed by atoms with Gasteiger partial charge in [0, 0.05) is 46.0 Å². The fourth-order valence-corrected chi connectivity index (χ4v) is 2.73. The molecule has 0 saturated carbocycles. The van der Waals surface area contributed by atoms with Crippen LogP contribution in [0.1, 0.15) is 26.7 Å². The number of piperidine rings is 1. The van der Waals surface area contributed by atoms with E-state index in [1.54, 1.807) is 19.0 Å². The van der Waals surface area contributed by atoms with Gasteiger partial charge in [-0.05, 0) is 30.9 Å². The highest BCUT2D eigenvalue weighted by atomic mass is 16.2. The number of carbonyl (C=O) groups is 1. The second kappa shape index (κ2) is 9.99. The molecule has 1 aliphatic rings. The van der Waals surface area contributed by atoms with E-state index in [0.29, 0.717) is 12.0 Å². The van der Waals surface area contributed by atoms with Crippen molar-refractivity contribution in [2.45, 2.75) is 32.7 Å². The van der Waals surface area contributed by atoms with Crippen LogP contribution in [-0.2, 0) is 4.79 Å². The van der Waals surface area contributed by atoms with Crippen LogP contribution >= 0.6 is 0 Å². The van der Waals surface area contributed by atoms with Crippen molar-refractivity contribution in [1.82, 2.24) is 20.5 Å². The topological polar surface area (TPSA) is 72.9 Å². The van der Waals surface area contributed by atoms with Crippen LogP contribution in [0, 0.1) is 5.92 Å². The third-order valence-electron chi connectivity index (χ3n) is 4.36. The SMILES string of the molecule is CC(C)CNC(=NCC(=O)N(C)C)NC1CCN(c2ccccn2)CC1. The Labute approximate surface area is 156 Å². The zero-order valence-electron chi connectivity index (χ0n) is 16.4. The number of guanidine groups is 1. The summed E-state index contributed by atoms with van der Waals surface area (Å²) in [6.07, 6.45) is 3.86. The van der Waals surface area contributed by atoms with Crippen molar-refractivity contribution in [1.29, 1.82) is 0 Å². The fourth-order valence-electron chi connectivity index (χ4n) is 2.73. The van der Waals surface area contributed by atoms with Gasteiger partial charge < -0.3 is 20.4 Å². The average molecular weight is 361 g/mol. The van der Waals surface area contributed by atoms with Crippen molar-refractivity contribution in [3.05, 3.63) is 24.4 Å². The van der Waals surface area contributed by atoms with Gasteiger partial charge in [0.2, 0.25) is 5.91 Å². The van der Waals surface area contributed by atoms with E-state index < -0.39 is 0 Å². The first kappa shape index (κ1) is 20.0. The highest BCUT2D eigenvalue weighted by Crippen LogP contribution is 2.17. The van der Waals surface area contributed by atoms with Gasteiger partial charge in [0.15, 0.2) is 5.96 Å². The molecule has 0 atom stereocenters. The standard InChI is InChI=1S/C19H32N6O/c1-15(2)13-21-19(22-14-18(26)24(3)4)23-16-8-11-25(12-9-16)17-7-5-6-10-20-17/h5-7,10,15-16H,8-9,11-14H2,1-4H3,(H2,21,22,23). The highest BCUT2D eigenvalue weighted by Gasteiger charge is 2.21. The van der Waals surface area contributed by atoms with Crippen molar-refractivity contribution in [3.63, 3.8) is 0 Å². The lowest BCUT2D eigenvalue weighted by molar-refractivity contribution is -0.127. The lowest BCUT2D eigenvalue weighted by atomic mass is 10.1. The molecule has 0 unspecified atom stereocenters. The summed E-state index contributed by atoms with van der Waals surface area (Å²) in [4.78, 5) is 24.6. The molecule has 2 heterocycles. The zero-order valence-corrected chi connectivity index (χ0v) is 16.4. The van der Waals surface area contributed by atoms with Crippen molar-refractivity contribution >= 4 is 17.7 Å². The quantitative estimate of drug-likeness (QED) is 0.591. The minimum absolute atomic E-state index is 0.000572. The van der Waals surface area contributed by atoms with E-state index in [9.17, 15) is 4.79 Å². The third-order valence-corrected chi connectivity index (χ3v) is 4.36. The van der Waals surface area contributed by atoms with Gasteiger partial charge in [0.05, 0.1) is 0 Å². The number of hydrogen-bond acceptors (Lipinski definition) is 4. The molecule has 26 heavy (non-hydrogen) atoms. The lowest BCUT2D eigenvalue weighted by Gasteiger charge is -2.34. The van der Waals surface area contributed by atoms with Gasteiger partial charge in [-0.3, -0.25) is 4.79 Å². The largest absolute Gasteiger partial charge is 0.356 e. The molecule has 2 rings (SSSR count). The maximum Gasteiger partial charge on any atom is 0.243 e. The van der Waals surface area contributed by atoms with Gasteiger partial charge >= 0.3 is 0 Å². The van der Waals surface area contributed by atoms with E-state index in [2.05, 4.69) is 45.4 Å². The first-order valence-corrected chi connectivity index (χ1v) is 9.36. The normalized spacial score (nSPS) is 15.9. The van der Waals surface area contributed by atoms with Gasteiger partial charge in [-0.15, -0.1) is 0 Å². The molecule has 0 aliphatic carbocycles. The molecule has 1 fully saturated rings. The molecular formula is C19H32N6O. The molecule has 1 saturated heterocycles. The summed E-state index contributed by atoms with van der Waals surface area (Å²) in [5, 5.41) is 6.84. The number of aromatic nitrogens is 1. The Morgan fingerprint density at radius 1 is 1.35 bits per heavy atom. The number of carbonyl (C=O) groups excluding carboxylic acids is 1. The third kappa shape index (κ3) is 6.54. The molecule has 1 aliphatic heterocycles. The minimum Gasteiger partial charge on any atom is -0.356 e. The molecule has 144 valence electrons. The van der Waals surface area contributed by atoms with Crippen LogP contribution in [0.25, 0.3) is 0 Å². The summed E-state index contributed by atoms with van der Waals surface area (Å²) in [5.41, 5.74) is 0. The predicted molar refractivity (Wildman–Crippen MR) is 106 cm³/mol. The second-order valence-corrected chi connectivity index (χ2v) is 7.32. The first-order chi connectivity index (χ1) is 12.5. The molecule has 0 bridgehead atoms. The van der Waals surface area contributed by atoms with Gasteiger partial charge in [-0.2, -0.15) is 0 Å². The number of rotatable bonds is 6. The number of likely N-dealkylation sites (N-methyl/N-ethyl adjacent to an activating group) is 1. The summed E-state index contributed by atoms with van der Waals surface area (Å²) in [5.74, 6) is 2.28. The number of nitrogens with zero attached hydrogens (tertiary/aromatic N) is 4. The monoisotopic (exact) mass is 360 g/mol. The first-order valence-electron chi connectivity index (χ1n) is 9.36. The molecule has 1 amide bonds.